The van der Waals surface area contributed by atoms with Crippen molar-refractivity contribution >= 4 is 17.8 Å². The van der Waals surface area contributed by atoms with Crippen molar-refractivity contribution in [2.24, 2.45) is 0 Å². The third-order valence-corrected chi connectivity index (χ3v) is 2.77. The van der Waals surface area contributed by atoms with Crippen LogP contribution in [0.2, 0.25) is 0 Å². The van der Waals surface area contributed by atoms with Gasteiger partial charge in [-0.3, -0.25) is 9.59 Å². The highest BCUT2D eigenvalue weighted by Crippen LogP contribution is 2.09. The van der Waals surface area contributed by atoms with Crippen LogP contribution in [0.1, 0.15) is 39.7 Å². The lowest BCUT2D eigenvalue weighted by atomic mass is 10.1. The molecule has 0 aliphatic heterocycles. The number of ketones is 1. The number of carbonyl (C=O) groups excluding carboxylic acids is 3. The summed E-state index contributed by atoms with van der Waals surface area (Å²) in [5.41, 5.74) is 0.193. The zero-order valence-electron chi connectivity index (χ0n) is 13.9. The lowest BCUT2D eigenvalue weighted by Crippen LogP contribution is -2.40. The van der Waals surface area contributed by atoms with Gasteiger partial charge in [0.25, 0.3) is 0 Å². The van der Waals surface area contributed by atoms with Crippen molar-refractivity contribution < 1.29 is 23.9 Å². The van der Waals surface area contributed by atoms with Gasteiger partial charge in [0.1, 0.15) is 18.6 Å². The van der Waals surface area contributed by atoms with Gasteiger partial charge in [-0.25, -0.2) is 4.79 Å². The first kappa shape index (κ1) is 18.7. The highest BCUT2D eigenvalue weighted by atomic mass is 16.6. The number of carbonyl (C=O) groups is 3. The summed E-state index contributed by atoms with van der Waals surface area (Å²) in [6, 6.07) is 8.36. The van der Waals surface area contributed by atoms with Gasteiger partial charge < -0.3 is 14.8 Å². The number of Topliss-reactive ketones (excluding diaryl/α,β-unsaturated/α-hetero) is 1. The van der Waals surface area contributed by atoms with E-state index < -0.39 is 35.9 Å². The van der Waals surface area contributed by atoms with E-state index in [1.165, 1.54) is 6.92 Å². The van der Waals surface area contributed by atoms with Gasteiger partial charge in [0.2, 0.25) is 0 Å². The van der Waals surface area contributed by atoms with Gasteiger partial charge in [0.15, 0.2) is 5.78 Å². The fourth-order valence-electron chi connectivity index (χ4n) is 1.69. The lowest BCUT2D eigenvalue weighted by Gasteiger charge is -2.20. The second-order valence-electron chi connectivity index (χ2n) is 6.16. The number of amides is 1. The van der Waals surface area contributed by atoms with Crippen molar-refractivity contribution in [3.63, 3.8) is 0 Å². The van der Waals surface area contributed by atoms with Crippen LogP contribution < -0.4 is 5.32 Å². The second kappa shape index (κ2) is 8.31. The summed E-state index contributed by atoms with van der Waals surface area (Å²) in [5, 5.41) is 2.40. The third-order valence-electron chi connectivity index (χ3n) is 2.77. The van der Waals surface area contributed by atoms with E-state index in [2.05, 4.69) is 5.32 Å². The zero-order chi connectivity index (χ0) is 17.5. The van der Waals surface area contributed by atoms with Crippen LogP contribution in [-0.2, 0) is 25.7 Å². The molecule has 0 saturated heterocycles. The quantitative estimate of drug-likeness (QED) is 0.643. The molecule has 23 heavy (non-hydrogen) atoms. The second-order valence-corrected chi connectivity index (χ2v) is 6.16. The number of alkyl carbamates (subject to hydrolysis) is 1. The minimum Gasteiger partial charge on any atom is -0.460 e. The standard InChI is InChI=1S/C17H23NO5/c1-12(14(19)10-15(20)23-17(2,3)4)18-16(21)22-11-13-8-6-5-7-9-13/h5-9,12H,10-11H2,1-4H3,(H,18,21)/t12-/m0/s1. The SMILES string of the molecule is C[C@H](NC(=O)OCc1ccccc1)C(=O)CC(=O)OC(C)(C)C. The molecular weight excluding hydrogens is 298 g/mol. The number of hydrogen-bond donors (Lipinski definition) is 1. The van der Waals surface area contributed by atoms with Crippen molar-refractivity contribution in [2.45, 2.75) is 52.4 Å². The summed E-state index contributed by atoms with van der Waals surface area (Å²) in [5.74, 6) is -1.05. The summed E-state index contributed by atoms with van der Waals surface area (Å²) in [7, 11) is 0. The van der Waals surface area contributed by atoms with E-state index in [1.54, 1.807) is 20.8 Å². The summed E-state index contributed by atoms with van der Waals surface area (Å²) in [6.45, 7) is 6.77. The van der Waals surface area contributed by atoms with E-state index in [4.69, 9.17) is 9.47 Å². The highest BCUT2D eigenvalue weighted by Gasteiger charge is 2.23. The zero-order valence-corrected chi connectivity index (χ0v) is 13.9. The number of rotatable bonds is 6. The van der Waals surface area contributed by atoms with Crippen LogP contribution in [0.4, 0.5) is 4.79 Å². The first-order valence-electron chi connectivity index (χ1n) is 7.39. The molecule has 0 aliphatic carbocycles. The fraction of sp³-hybridized carbons (Fsp3) is 0.471. The smallest absolute Gasteiger partial charge is 0.408 e. The van der Waals surface area contributed by atoms with Crippen LogP contribution in [0.3, 0.4) is 0 Å². The number of nitrogens with one attached hydrogen (secondary N) is 1. The largest absolute Gasteiger partial charge is 0.460 e. The Morgan fingerprint density at radius 2 is 1.74 bits per heavy atom. The normalized spacial score (nSPS) is 12.2. The van der Waals surface area contributed by atoms with Gasteiger partial charge >= 0.3 is 12.1 Å². The molecule has 0 aromatic heterocycles. The molecule has 1 rings (SSSR count). The average Bonchev–Trinajstić information content (AvgIpc) is 2.44. The van der Waals surface area contributed by atoms with Crippen molar-refractivity contribution in [3.8, 4) is 0 Å². The van der Waals surface area contributed by atoms with E-state index in [0.717, 1.165) is 5.56 Å². The van der Waals surface area contributed by atoms with E-state index in [0.29, 0.717) is 0 Å². The van der Waals surface area contributed by atoms with Crippen molar-refractivity contribution in [1.29, 1.82) is 0 Å². The molecule has 6 nitrogen and oxygen atoms in total. The van der Waals surface area contributed by atoms with E-state index >= 15 is 0 Å². The van der Waals surface area contributed by atoms with E-state index in [1.807, 2.05) is 30.3 Å². The summed E-state index contributed by atoms with van der Waals surface area (Å²) in [6.07, 6.45) is -1.10. The van der Waals surface area contributed by atoms with Gasteiger partial charge in [-0.15, -0.1) is 0 Å². The maximum atomic E-state index is 11.9. The van der Waals surface area contributed by atoms with Gasteiger partial charge in [-0.2, -0.15) is 0 Å². The minimum atomic E-state index is -0.828. The first-order valence-corrected chi connectivity index (χ1v) is 7.39. The van der Waals surface area contributed by atoms with Gasteiger partial charge in [0.05, 0.1) is 6.04 Å². The first-order chi connectivity index (χ1) is 10.7. The number of esters is 1. The van der Waals surface area contributed by atoms with Crippen molar-refractivity contribution in [3.05, 3.63) is 35.9 Å². The Hall–Kier alpha value is -2.37. The molecule has 0 spiro atoms. The Morgan fingerprint density at radius 1 is 1.13 bits per heavy atom. The van der Waals surface area contributed by atoms with Crippen molar-refractivity contribution in [2.75, 3.05) is 0 Å². The minimum absolute atomic E-state index is 0.111. The molecule has 126 valence electrons. The molecule has 1 N–H and O–H groups in total. The van der Waals surface area contributed by atoms with Gasteiger partial charge in [0, 0.05) is 0 Å². The maximum absolute atomic E-state index is 11.9. The third kappa shape index (κ3) is 7.99. The Balaban J connectivity index is 2.36. The molecule has 6 heteroatoms. The Bertz CT molecular complexity index is 548. The van der Waals surface area contributed by atoms with Crippen molar-refractivity contribution in [1.82, 2.24) is 5.32 Å². The fourth-order valence-corrected chi connectivity index (χ4v) is 1.69. The van der Waals surface area contributed by atoms with Crippen LogP contribution in [0.25, 0.3) is 0 Å². The molecular formula is C17H23NO5. The molecule has 0 aliphatic rings. The number of benzene rings is 1. The van der Waals surface area contributed by atoms with E-state index in [-0.39, 0.29) is 6.61 Å². The molecule has 0 radical (unpaired) electrons. The monoisotopic (exact) mass is 321 g/mol. The Kier molecular flexibility index (Phi) is 6.75. The predicted molar refractivity (Wildman–Crippen MR) is 84.7 cm³/mol. The average molecular weight is 321 g/mol. The number of hydrogen-bond acceptors (Lipinski definition) is 5. The molecule has 0 saturated carbocycles. The lowest BCUT2D eigenvalue weighted by molar-refractivity contribution is -0.156. The summed E-state index contributed by atoms with van der Waals surface area (Å²) >= 11 is 0. The number of ether oxygens (including phenoxy) is 2. The Labute approximate surface area is 136 Å². The van der Waals surface area contributed by atoms with Gasteiger partial charge in [-0.1, -0.05) is 30.3 Å². The van der Waals surface area contributed by atoms with Gasteiger partial charge in [-0.05, 0) is 33.3 Å². The molecule has 0 fully saturated rings. The van der Waals surface area contributed by atoms with Crippen LogP contribution in [-0.4, -0.2) is 29.5 Å². The highest BCUT2D eigenvalue weighted by molar-refractivity contribution is 5.99. The molecule has 1 aromatic carbocycles. The van der Waals surface area contributed by atoms with Crippen LogP contribution >= 0.6 is 0 Å². The van der Waals surface area contributed by atoms with Crippen LogP contribution in [0.5, 0.6) is 0 Å². The molecule has 1 amide bonds. The molecule has 1 aromatic rings. The molecule has 1 atom stereocenters. The molecule has 0 bridgehead atoms. The summed E-state index contributed by atoms with van der Waals surface area (Å²) in [4.78, 5) is 35.1. The molecule has 0 heterocycles. The predicted octanol–water partition coefficient (Wildman–Crippen LogP) is 2.60. The molecule has 0 unspecified atom stereocenters. The maximum Gasteiger partial charge on any atom is 0.408 e. The van der Waals surface area contributed by atoms with Crippen LogP contribution in [0, 0.1) is 0 Å². The van der Waals surface area contributed by atoms with Crippen LogP contribution in [0.15, 0.2) is 30.3 Å². The topological polar surface area (TPSA) is 81.7 Å². The summed E-state index contributed by atoms with van der Waals surface area (Å²) < 4.78 is 10.1. The Morgan fingerprint density at radius 3 is 2.30 bits per heavy atom. The van der Waals surface area contributed by atoms with E-state index in [9.17, 15) is 14.4 Å².